The average molecular weight is 442 g/mol. The summed E-state index contributed by atoms with van der Waals surface area (Å²) < 4.78 is 14.3. The molecule has 33 heavy (non-hydrogen) atoms. The van der Waals surface area contributed by atoms with E-state index >= 15 is 0 Å². The zero-order valence-corrected chi connectivity index (χ0v) is 17.9. The lowest BCUT2D eigenvalue weighted by Gasteiger charge is -2.43. The van der Waals surface area contributed by atoms with Crippen LogP contribution in [0.5, 0.6) is 5.75 Å². The van der Waals surface area contributed by atoms with Crippen molar-refractivity contribution in [3.05, 3.63) is 60.2 Å². The zero-order chi connectivity index (χ0) is 22.0. The fourth-order valence-electron chi connectivity index (χ4n) is 5.15. The number of para-hydroxylation sites is 1. The molecule has 3 aromatic heterocycles. The van der Waals surface area contributed by atoms with Crippen molar-refractivity contribution in [2.45, 2.75) is 24.7 Å². The van der Waals surface area contributed by atoms with Crippen LogP contribution in [0, 0.1) is 0 Å². The van der Waals surface area contributed by atoms with Gasteiger partial charge in [-0.3, -0.25) is 4.57 Å². The largest absolute Gasteiger partial charge is 0.493 e. The second-order valence-electron chi connectivity index (χ2n) is 8.85. The molecule has 7 rings (SSSR count). The van der Waals surface area contributed by atoms with Gasteiger partial charge in [-0.2, -0.15) is 0 Å². The first-order valence-corrected chi connectivity index (χ1v) is 11.2. The number of pyridine rings is 1. The van der Waals surface area contributed by atoms with Crippen molar-refractivity contribution < 1.29 is 14.6 Å². The van der Waals surface area contributed by atoms with Gasteiger partial charge in [0.25, 0.3) is 0 Å². The molecule has 0 saturated carbocycles. The summed E-state index contributed by atoms with van der Waals surface area (Å²) in [5, 5.41) is 9.52. The van der Waals surface area contributed by atoms with Gasteiger partial charge in [0.15, 0.2) is 5.65 Å². The van der Waals surface area contributed by atoms with Crippen LogP contribution in [0.4, 0.5) is 5.95 Å². The highest BCUT2D eigenvalue weighted by molar-refractivity contribution is 5.77. The maximum atomic E-state index is 9.52. The van der Waals surface area contributed by atoms with E-state index in [0.29, 0.717) is 38.9 Å². The van der Waals surface area contributed by atoms with E-state index < -0.39 is 5.54 Å². The number of fused-ring (bicyclic) bond motifs is 6. The lowest BCUT2D eigenvalue weighted by atomic mass is 9.84. The first-order valence-electron chi connectivity index (χ1n) is 11.2. The van der Waals surface area contributed by atoms with Crippen molar-refractivity contribution in [1.29, 1.82) is 0 Å². The predicted molar refractivity (Wildman–Crippen MR) is 120 cm³/mol. The average Bonchev–Trinajstić information content (AvgIpc) is 3.22. The summed E-state index contributed by atoms with van der Waals surface area (Å²) >= 11 is 0. The maximum Gasteiger partial charge on any atom is 0.225 e. The van der Waals surface area contributed by atoms with E-state index in [-0.39, 0.29) is 6.10 Å². The SMILES string of the molecule is OC1CN(c2ncc(-c3ccc4nc5n(c4n3)C3(CCOc4ccccc43)COC5)cn2)C1. The topological polar surface area (TPSA) is 98.4 Å². The second kappa shape index (κ2) is 6.97. The monoisotopic (exact) mass is 442 g/mol. The number of β-amino-alcohol motifs (C(OH)–C–C–N with tert-alkyl or cyclic N) is 1. The molecule has 166 valence electrons. The Morgan fingerprint density at radius 3 is 2.73 bits per heavy atom. The lowest BCUT2D eigenvalue weighted by molar-refractivity contribution is 0.00399. The third-order valence-corrected chi connectivity index (χ3v) is 6.81. The Morgan fingerprint density at radius 1 is 1.03 bits per heavy atom. The standard InChI is InChI=1S/C24H22N6O3/c31-16-11-29(12-16)23-25-9-15(10-26-23)18-5-6-19-22(28-18)30-21(27-19)13-32-14-24(30)7-8-33-20-4-2-1-3-17(20)24/h1-6,9-10,16,31H,7-8,11-14H2. The van der Waals surface area contributed by atoms with Gasteiger partial charge in [0, 0.05) is 43.0 Å². The number of anilines is 1. The smallest absolute Gasteiger partial charge is 0.225 e. The molecule has 0 bridgehead atoms. The molecule has 0 aliphatic carbocycles. The van der Waals surface area contributed by atoms with Crippen molar-refractivity contribution in [3.63, 3.8) is 0 Å². The minimum absolute atomic E-state index is 0.294. The Morgan fingerprint density at radius 2 is 1.88 bits per heavy atom. The van der Waals surface area contributed by atoms with Crippen molar-refractivity contribution in [3.8, 4) is 17.0 Å². The summed E-state index contributed by atoms with van der Waals surface area (Å²) in [7, 11) is 0. The first kappa shape index (κ1) is 19.0. The Balaban J connectivity index is 1.34. The van der Waals surface area contributed by atoms with E-state index in [1.807, 2.05) is 35.2 Å². The van der Waals surface area contributed by atoms with Crippen molar-refractivity contribution >= 4 is 17.1 Å². The minimum Gasteiger partial charge on any atom is -0.493 e. The van der Waals surface area contributed by atoms with Crippen LogP contribution in [0.3, 0.4) is 0 Å². The molecule has 9 heteroatoms. The van der Waals surface area contributed by atoms with Crippen LogP contribution in [0.25, 0.3) is 22.4 Å². The van der Waals surface area contributed by atoms with Gasteiger partial charge in [0.2, 0.25) is 5.95 Å². The summed E-state index contributed by atoms with van der Waals surface area (Å²) in [5.41, 5.74) is 4.01. The van der Waals surface area contributed by atoms with E-state index in [1.165, 1.54) is 0 Å². The van der Waals surface area contributed by atoms with Crippen molar-refractivity contribution in [2.24, 2.45) is 0 Å². The third-order valence-electron chi connectivity index (χ3n) is 6.81. The number of rotatable bonds is 2. The van der Waals surface area contributed by atoms with Crippen molar-refractivity contribution in [2.75, 3.05) is 31.2 Å². The molecular weight excluding hydrogens is 420 g/mol. The number of nitrogens with zero attached hydrogens (tertiary/aromatic N) is 6. The fourth-order valence-corrected chi connectivity index (χ4v) is 5.15. The maximum absolute atomic E-state index is 9.52. The van der Waals surface area contributed by atoms with Gasteiger partial charge in [-0.25, -0.2) is 19.9 Å². The number of aliphatic hydroxyl groups is 1. The summed E-state index contributed by atoms with van der Waals surface area (Å²) in [4.78, 5) is 20.8. The number of aromatic nitrogens is 5. The molecule has 1 spiro atoms. The fraction of sp³-hybridized carbons (Fsp3) is 0.333. The molecule has 1 atom stereocenters. The Kier molecular flexibility index (Phi) is 4.00. The highest BCUT2D eigenvalue weighted by Gasteiger charge is 2.45. The van der Waals surface area contributed by atoms with Gasteiger partial charge < -0.3 is 19.5 Å². The van der Waals surface area contributed by atoms with E-state index in [4.69, 9.17) is 19.4 Å². The van der Waals surface area contributed by atoms with Gasteiger partial charge in [0.05, 0.1) is 25.0 Å². The summed E-state index contributed by atoms with van der Waals surface area (Å²) in [5.74, 6) is 2.39. The van der Waals surface area contributed by atoms with Crippen LogP contribution in [-0.4, -0.2) is 62.0 Å². The van der Waals surface area contributed by atoms with E-state index in [0.717, 1.165) is 46.0 Å². The van der Waals surface area contributed by atoms with Crippen LogP contribution in [0.1, 0.15) is 17.8 Å². The van der Waals surface area contributed by atoms with Gasteiger partial charge >= 0.3 is 0 Å². The van der Waals surface area contributed by atoms with Crippen LogP contribution in [0.15, 0.2) is 48.8 Å². The number of hydrogen-bond donors (Lipinski definition) is 1. The lowest BCUT2D eigenvalue weighted by Crippen LogP contribution is -2.51. The van der Waals surface area contributed by atoms with E-state index in [1.54, 1.807) is 12.4 Å². The van der Waals surface area contributed by atoms with Gasteiger partial charge in [-0.15, -0.1) is 0 Å². The summed E-state index contributed by atoms with van der Waals surface area (Å²) in [6.07, 6.45) is 4.07. The van der Waals surface area contributed by atoms with Gasteiger partial charge in [-0.05, 0) is 18.2 Å². The molecule has 9 nitrogen and oxygen atoms in total. The Labute approximate surface area is 189 Å². The summed E-state index contributed by atoms with van der Waals surface area (Å²) in [6.45, 7) is 2.76. The minimum atomic E-state index is -0.401. The highest BCUT2D eigenvalue weighted by atomic mass is 16.5. The van der Waals surface area contributed by atoms with E-state index in [9.17, 15) is 5.11 Å². The number of hydrogen-bond acceptors (Lipinski definition) is 8. The molecule has 1 saturated heterocycles. The molecule has 1 aromatic carbocycles. The molecule has 3 aliphatic rings. The van der Waals surface area contributed by atoms with Crippen LogP contribution >= 0.6 is 0 Å². The molecule has 1 N–H and O–H groups in total. The van der Waals surface area contributed by atoms with Gasteiger partial charge in [0.1, 0.15) is 29.2 Å². The normalized spacial score (nSPS) is 22.0. The molecule has 1 unspecified atom stereocenters. The van der Waals surface area contributed by atoms with Gasteiger partial charge in [-0.1, -0.05) is 18.2 Å². The molecule has 3 aliphatic heterocycles. The number of ether oxygens (including phenoxy) is 2. The highest BCUT2D eigenvalue weighted by Crippen LogP contribution is 2.44. The molecule has 0 amide bonds. The van der Waals surface area contributed by atoms with Crippen LogP contribution < -0.4 is 9.64 Å². The Bertz CT molecular complexity index is 1360. The van der Waals surface area contributed by atoms with Crippen LogP contribution in [0.2, 0.25) is 0 Å². The third kappa shape index (κ3) is 2.79. The number of imidazole rings is 1. The second-order valence-corrected chi connectivity index (χ2v) is 8.85. The number of aliphatic hydroxyl groups excluding tert-OH is 1. The van der Waals surface area contributed by atoms with Crippen molar-refractivity contribution in [1.82, 2.24) is 24.5 Å². The zero-order valence-electron chi connectivity index (χ0n) is 17.9. The quantitative estimate of drug-likeness (QED) is 0.504. The molecule has 1 fully saturated rings. The molecule has 6 heterocycles. The molecular formula is C24H22N6O3. The summed E-state index contributed by atoms with van der Waals surface area (Å²) in [6, 6.07) is 12.1. The number of benzene rings is 1. The Hall–Kier alpha value is -3.56. The van der Waals surface area contributed by atoms with Crippen LogP contribution in [-0.2, 0) is 16.9 Å². The first-order chi connectivity index (χ1) is 16.2. The predicted octanol–water partition coefficient (Wildman–Crippen LogP) is 2.13. The van der Waals surface area contributed by atoms with E-state index in [2.05, 4.69) is 20.6 Å². The molecule has 0 radical (unpaired) electrons. The molecule has 4 aromatic rings.